The lowest BCUT2D eigenvalue weighted by molar-refractivity contribution is 0.0384. The second kappa shape index (κ2) is 5.27. The van der Waals surface area contributed by atoms with Gasteiger partial charge in [-0.05, 0) is 42.2 Å². The maximum atomic E-state index is 13.1. The molecule has 19 heavy (non-hydrogen) atoms. The highest BCUT2D eigenvalue weighted by molar-refractivity contribution is 6.29. The van der Waals surface area contributed by atoms with Crippen molar-refractivity contribution in [3.05, 3.63) is 64.2 Å². The van der Waals surface area contributed by atoms with Gasteiger partial charge in [-0.3, -0.25) is 0 Å². The zero-order valence-corrected chi connectivity index (χ0v) is 11.0. The van der Waals surface area contributed by atoms with Crippen LogP contribution in [0.3, 0.4) is 0 Å². The minimum atomic E-state index is -0.242. The largest absolute Gasteiger partial charge is 0.367 e. The first-order valence-corrected chi connectivity index (χ1v) is 6.61. The third kappa shape index (κ3) is 2.77. The minimum Gasteiger partial charge on any atom is -0.367 e. The summed E-state index contributed by atoms with van der Waals surface area (Å²) >= 11 is 5.91. The molecule has 0 saturated heterocycles. The van der Waals surface area contributed by atoms with Crippen LogP contribution in [0.25, 0.3) is 0 Å². The summed E-state index contributed by atoms with van der Waals surface area (Å²) in [5, 5.41) is 0.486. The van der Waals surface area contributed by atoms with Crippen LogP contribution in [0.15, 0.2) is 36.4 Å². The average Bonchev–Trinajstić information content (AvgIpc) is 2.79. The Kier molecular flexibility index (Phi) is 3.49. The number of hydrogen-bond donors (Lipinski definition) is 0. The summed E-state index contributed by atoms with van der Waals surface area (Å²) in [6, 6.07) is 10.2. The second-order valence-corrected chi connectivity index (χ2v) is 5.03. The van der Waals surface area contributed by atoms with E-state index in [2.05, 4.69) is 4.98 Å². The number of fused-ring (bicyclic) bond motifs is 1. The number of benzene rings is 1. The van der Waals surface area contributed by atoms with E-state index in [1.54, 1.807) is 12.1 Å². The predicted molar refractivity (Wildman–Crippen MR) is 71.5 cm³/mol. The smallest absolute Gasteiger partial charge is 0.129 e. The fourth-order valence-electron chi connectivity index (χ4n) is 2.38. The molecule has 1 heterocycles. The van der Waals surface area contributed by atoms with Gasteiger partial charge < -0.3 is 4.74 Å². The third-order valence-electron chi connectivity index (χ3n) is 3.30. The molecule has 0 amide bonds. The summed E-state index contributed by atoms with van der Waals surface area (Å²) < 4.78 is 18.9. The number of hydrogen-bond acceptors (Lipinski definition) is 2. The molecule has 0 fully saturated rings. The van der Waals surface area contributed by atoms with E-state index in [0.29, 0.717) is 11.8 Å². The molecule has 0 bridgehead atoms. The fourth-order valence-corrected chi connectivity index (χ4v) is 2.53. The Balaban J connectivity index is 1.71. The molecular formula is C15H13ClFNO. The van der Waals surface area contributed by atoms with Crippen molar-refractivity contribution in [2.45, 2.75) is 25.6 Å². The molecule has 0 radical (unpaired) electrons. The normalized spacial score (nSPS) is 17.5. The highest BCUT2D eigenvalue weighted by Gasteiger charge is 2.24. The van der Waals surface area contributed by atoms with E-state index < -0.39 is 0 Å². The van der Waals surface area contributed by atoms with Crippen LogP contribution < -0.4 is 0 Å². The quantitative estimate of drug-likeness (QED) is 0.789. The highest BCUT2D eigenvalue weighted by atomic mass is 35.5. The summed E-state index contributed by atoms with van der Waals surface area (Å²) in [6.45, 7) is 0.385. The maximum absolute atomic E-state index is 13.1. The monoisotopic (exact) mass is 277 g/mol. The number of pyridine rings is 1. The van der Waals surface area contributed by atoms with Crippen LogP contribution in [0.4, 0.5) is 4.39 Å². The van der Waals surface area contributed by atoms with Gasteiger partial charge in [0.1, 0.15) is 17.1 Å². The van der Waals surface area contributed by atoms with Crippen LogP contribution in [0.2, 0.25) is 5.15 Å². The number of aromatic nitrogens is 1. The van der Waals surface area contributed by atoms with Crippen molar-refractivity contribution in [3.63, 3.8) is 0 Å². The molecule has 0 spiro atoms. The van der Waals surface area contributed by atoms with Crippen LogP contribution in [0, 0.1) is 5.82 Å². The molecule has 4 heteroatoms. The van der Waals surface area contributed by atoms with Gasteiger partial charge in [0.15, 0.2) is 0 Å². The fraction of sp³-hybridized carbons (Fsp3) is 0.267. The van der Waals surface area contributed by atoms with Crippen molar-refractivity contribution in [2.75, 3.05) is 0 Å². The van der Waals surface area contributed by atoms with Crippen molar-refractivity contribution < 1.29 is 9.13 Å². The summed E-state index contributed by atoms with van der Waals surface area (Å²) in [6.07, 6.45) is 1.81. The van der Waals surface area contributed by atoms with Gasteiger partial charge in [-0.2, -0.15) is 0 Å². The summed E-state index contributed by atoms with van der Waals surface area (Å²) in [5.41, 5.74) is 2.94. The Morgan fingerprint density at radius 1 is 1.32 bits per heavy atom. The minimum absolute atomic E-state index is 0.0445. The Morgan fingerprint density at radius 3 is 3.05 bits per heavy atom. The van der Waals surface area contributed by atoms with E-state index >= 15 is 0 Å². The highest BCUT2D eigenvalue weighted by Crippen LogP contribution is 2.33. The Bertz CT molecular complexity index is 602. The van der Waals surface area contributed by atoms with Crippen molar-refractivity contribution in [3.8, 4) is 0 Å². The Hall–Kier alpha value is -1.45. The Morgan fingerprint density at radius 2 is 2.21 bits per heavy atom. The molecule has 0 unspecified atom stereocenters. The van der Waals surface area contributed by atoms with E-state index in [1.165, 1.54) is 17.7 Å². The van der Waals surface area contributed by atoms with Gasteiger partial charge in [-0.25, -0.2) is 9.37 Å². The van der Waals surface area contributed by atoms with Gasteiger partial charge >= 0.3 is 0 Å². The molecule has 2 aromatic rings. The lowest BCUT2D eigenvalue weighted by Gasteiger charge is -2.12. The molecule has 0 saturated carbocycles. The number of rotatable bonds is 3. The van der Waals surface area contributed by atoms with Gasteiger partial charge in [0.2, 0.25) is 0 Å². The molecule has 2 nitrogen and oxygen atoms in total. The molecule has 1 atom stereocenters. The lowest BCUT2D eigenvalue weighted by atomic mass is 10.2. The van der Waals surface area contributed by atoms with E-state index in [-0.39, 0.29) is 11.9 Å². The summed E-state index contributed by atoms with van der Waals surface area (Å²) in [7, 11) is 0. The molecule has 0 N–H and O–H groups in total. The zero-order chi connectivity index (χ0) is 13.2. The van der Waals surface area contributed by atoms with Crippen LogP contribution in [0.5, 0.6) is 0 Å². The molecule has 1 aliphatic rings. The van der Waals surface area contributed by atoms with Crippen LogP contribution in [0.1, 0.15) is 29.3 Å². The van der Waals surface area contributed by atoms with E-state index in [1.807, 2.05) is 12.1 Å². The molecule has 98 valence electrons. The van der Waals surface area contributed by atoms with Crippen LogP contribution in [-0.2, 0) is 17.8 Å². The van der Waals surface area contributed by atoms with Crippen molar-refractivity contribution >= 4 is 11.6 Å². The molecule has 1 aromatic heterocycles. The predicted octanol–water partition coefficient (Wildman–Crippen LogP) is 4.08. The lowest BCUT2D eigenvalue weighted by Crippen LogP contribution is -2.03. The molecule has 1 aromatic carbocycles. The first kappa shape index (κ1) is 12.6. The van der Waals surface area contributed by atoms with Crippen molar-refractivity contribution in [2.24, 2.45) is 0 Å². The van der Waals surface area contributed by atoms with E-state index in [0.717, 1.165) is 24.1 Å². The maximum Gasteiger partial charge on any atom is 0.129 e. The van der Waals surface area contributed by atoms with Crippen molar-refractivity contribution in [1.29, 1.82) is 0 Å². The first-order valence-electron chi connectivity index (χ1n) is 6.24. The molecular weight excluding hydrogens is 265 g/mol. The van der Waals surface area contributed by atoms with Gasteiger partial charge in [-0.15, -0.1) is 0 Å². The third-order valence-corrected chi connectivity index (χ3v) is 3.51. The van der Waals surface area contributed by atoms with Gasteiger partial charge in [0.05, 0.1) is 12.3 Å². The molecule has 0 aliphatic heterocycles. The number of ether oxygens (including phenoxy) is 1. The second-order valence-electron chi connectivity index (χ2n) is 4.65. The molecule has 1 aliphatic carbocycles. The van der Waals surface area contributed by atoms with Gasteiger partial charge in [0, 0.05) is 0 Å². The number of nitrogens with zero attached hydrogens (tertiary/aromatic N) is 1. The topological polar surface area (TPSA) is 22.1 Å². The van der Waals surface area contributed by atoms with E-state index in [4.69, 9.17) is 16.3 Å². The first-order chi connectivity index (χ1) is 9.22. The summed E-state index contributed by atoms with van der Waals surface area (Å²) in [4.78, 5) is 4.33. The van der Waals surface area contributed by atoms with E-state index in [9.17, 15) is 4.39 Å². The van der Waals surface area contributed by atoms with Crippen LogP contribution >= 0.6 is 11.6 Å². The van der Waals surface area contributed by atoms with Crippen LogP contribution in [-0.4, -0.2) is 4.98 Å². The number of halogens is 2. The Labute approximate surface area is 116 Å². The zero-order valence-electron chi connectivity index (χ0n) is 10.3. The SMILES string of the molecule is Fc1cccc(CO[C@H]2CCc3ccc(Cl)nc32)c1. The van der Waals surface area contributed by atoms with Gasteiger partial charge in [0.25, 0.3) is 0 Å². The van der Waals surface area contributed by atoms with Gasteiger partial charge in [-0.1, -0.05) is 29.8 Å². The molecule has 3 rings (SSSR count). The standard InChI is InChI=1S/C15H13ClFNO/c16-14-7-5-11-4-6-13(15(11)18-14)19-9-10-2-1-3-12(17)8-10/h1-3,5,7-8,13H,4,6,9H2/t13-/m0/s1. The summed E-state index contributed by atoms with van der Waals surface area (Å²) in [5.74, 6) is -0.242. The number of aryl methyl sites for hydroxylation is 1. The average molecular weight is 278 g/mol. The van der Waals surface area contributed by atoms with Crippen molar-refractivity contribution in [1.82, 2.24) is 4.98 Å².